The number of aryl methyl sites for hydroxylation is 1. The molecule has 1 saturated heterocycles. The third-order valence-corrected chi connectivity index (χ3v) is 6.25. The summed E-state index contributed by atoms with van der Waals surface area (Å²) in [5, 5.41) is 17.3. The maximum absolute atomic E-state index is 12.9. The smallest absolute Gasteiger partial charge is 0.281 e. The van der Waals surface area contributed by atoms with Gasteiger partial charge in [-0.05, 0) is 43.5 Å². The predicted molar refractivity (Wildman–Crippen MR) is 125 cm³/mol. The number of H-pyrrole nitrogens is 1. The van der Waals surface area contributed by atoms with Gasteiger partial charge < -0.3 is 9.88 Å². The number of aromatic amines is 1. The summed E-state index contributed by atoms with van der Waals surface area (Å²) in [5.74, 6) is 0.533. The van der Waals surface area contributed by atoms with Crippen LogP contribution in [0.4, 0.5) is 0 Å². The fourth-order valence-corrected chi connectivity index (χ4v) is 4.31. The topological polar surface area (TPSA) is 121 Å². The Morgan fingerprint density at radius 2 is 1.94 bits per heavy atom. The molecule has 1 amide bonds. The quantitative estimate of drug-likeness (QED) is 0.507. The number of benzene rings is 2. The summed E-state index contributed by atoms with van der Waals surface area (Å²) >= 11 is 0. The predicted octanol–water partition coefficient (Wildman–Crippen LogP) is 2.76. The van der Waals surface area contributed by atoms with Gasteiger partial charge in [0, 0.05) is 24.6 Å². The molecule has 170 valence electrons. The first-order valence-corrected chi connectivity index (χ1v) is 11.2. The lowest BCUT2D eigenvalue weighted by atomic mass is 9.95. The second-order valence-electron chi connectivity index (χ2n) is 8.62. The van der Waals surface area contributed by atoms with E-state index in [1.807, 2.05) is 31.2 Å². The number of hydrogen-bond donors (Lipinski definition) is 1. The van der Waals surface area contributed by atoms with Gasteiger partial charge in [0.1, 0.15) is 5.82 Å². The number of carbonyl (C=O) groups excluding carboxylic acids is 1. The highest BCUT2D eigenvalue weighted by atomic mass is 16.2. The minimum atomic E-state index is -0.304. The molecule has 9 nitrogen and oxygen atoms in total. The van der Waals surface area contributed by atoms with E-state index in [0.29, 0.717) is 55.1 Å². The Hall–Kier alpha value is -4.32. The lowest BCUT2D eigenvalue weighted by molar-refractivity contribution is 0.0711. The van der Waals surface area contributed by atoms with Crippen molar-refractivity contribution in [2.24, 2.45) is 0 Å². The molecular formula is C25H23N7O2. The number of nitrogens with one attached hydrogen (secondary N) is 1. The minimum absolute atomic E-state index is 0.0225. The monoisotopic (exact) mass is 453 g/mol. The number of piperidine rings is 1. The molecule has 1 fully saturated rings. The van der Waals surface area contributed by atoms with Crippen LogP contribution in [0, 0.1) is 18.3 Å². The van der Waals surface area contributed by atoms with Crippen molar-refractivity contribution in [2.45, 2.75) is 32.2 Å². The van der Waals surface area contributed by atoms with Crippen LogP contribution in [0.2, 0.25) is 0 Å². The molecule has 2 aromatic heterocycles. The molecule has 0 bridgehead atoms. The molecule has 1 aliphatic heterocycles. The summed E-state index contributed by atoms with van der Waals surface area (Å²) in [7, 11) is 0. The second kappa shape index (κ2) is 8.90. The Bertz CT molecular complexity index is 1460. The van der Waals surface area contributed by atoms with Crippen molar-refractivity contribution in [2.75, 3.05) is 13.1 Å². The molecule has 1 N–H and O–H groups in total. The molecule has 1 aliphatic rings. The summed E-state index contributed by atoms with van der Waals surface area (Å²) in [5.41, 5.74) is 3.58. The van der Waals surface area contributed by atoms with Crippen molar-refractivity contribution < 1.29 is 4.79 Å². The third-order valence-electron chi connectivity index (χ3n) is 6.25. The molecule has 0 aliphatic carbocycles. The fraction of sp³-hybridized carbons (Fsp3) is 0.280. The molecule has 0 atom stereocenters. The van der Waals surface area contributed by atoms with Crippen molar-refractivity contribution in [1.82, 2.24) is 29.9 Å². The van der Waals surface area contributed by atoms with E-state index < -0.39 is 0 Å². The van der Waals surface area contributed by atoms with Crippen LogP contribution < -0.4 is 5.56 Å². The molecule has 0 radical (unpaired) electrons. The van der Waals surface area contributed by atoms with E-state index in [-0.39, 0.29) is 22.9 Å². The number of nitriles is 1. The van der Waals surface area contributed by atoms with Crippen LogP contribution in [0.5, 0.6) is 0 Å². The lowest BCUT2D eigenvalue weighted by Gasteiger charge is -2.31. The molecule has 2 aromatic carbocycles. The van der Waals surface area contributed by atoms with Crippen molar-refractivity contribution in [1.29, 1.82) is 5.26 Å². The standard InChI is InChI=1S/C25H23N7O2/c1-16-5-7-17(8-6-16)15-32-23-21(29-30-32)24(33)28-22(27-23)19-9-11-31(12-10-19)25(34)20-4-2-3-18(13-20)14-26/h2-8,13,19H,9-12,15H2,1H3,(H,27,28,33). The van der Waals surface area contributed by atoms with Gasteiger partial charge in [-0.25, -0.2) is 9.67 Å². The normalized spacial score (nSPS) is 14.3. The molecule has 4 aromatic rings. The molecule has 0 spiro atoms. The van der Waals surface area contributed by atoms with Gasteiger partial charge in [0.25, 0.3) is 11.5 Å². The number of fused-ring (bicyclic) bond motifs is 1. The molecule has 5 rings (SSSR count). The van der Waals surface area contributed by atoms with E-state index in [0.717, 1.165) is 5.56 Å². The molecule has 9 heteroatoms. The van der Waals surface area contributed by atoms with E-state index in [9.17, 15) is 9.59 Å². The van der Waals surface area contributed by atoms with Gasteiger partial charge in [0.15, 0.2) is 11.2 Å². The zero-order valence-electron chi connectivity index (χ0n) is 18.7. The largest absolute Gasteiger partial charge is 0.339 e. The van der Waals surface area contributed by atoms with Crippen molar-refractivity contribution in [3.05, 3.63) is 87.0 Å². The highest BCUT2D eigenvalue weighted by Gasteiger charge is 2.27. The molecule has 0 saturated carbocycles. The Morgan fingerprint density at radius 3 is 2.68 bits per heavy atom. The molecule has 34 heavy (non-hydrogen) atoms. The van der Waals surface area contributed by atoms with Crippen LogP contribution in [-0.2, 0) is 6.54 Å². The Balaban J connectivity index is 1.34. The van der Waals surface area contributed by atoms with Gasteiger partial charge in [-0.1, -0.05) is 41.1 Å². The van der Waals surface area contributed by atoms with E-state index >= 15 is 0 Å². The van der Waals surface area contributed by atoms with Crippen LogP contribution in [-0.4, -0.2) is 48.9 Å². The minimum Gasteiger partial charge on any atom is -0.339 e. The van der Waals surface area contributed by atoms with E-state index in [1.165, 1.54) is 5.56 Å². The Morgan fingerprint density at radius 1 is 1.18 bits per heavy atom. The van der Waals surface area contributed by atoms with Gasteiger partial charge in [0.2, 0.25) is 0 Å². The van der Waals surface area contributed by atoms with Crippen molar-refractivity contribution in [3.63, 3.8) is 0 Å². The number of aromatic nitrogens is 5. The van der Waals surface area contributed by atoms with E-state index in [1.54, 1.807) is 33.8 Å². The van der Waals surface area contributed by atoms with Crippen LogP contribution in [0.3, 0.4) is 0 Å². The average molecular weight is 454 g/mol. The number of rotatable bonds is 4. The SMILES string of the molecule is Cc1ccc(Cn2nnc3c(=O)[nH]c(C4CCN(C(=O)c5cccc(C#N)c5)CC4)nc32)cc1. The Labute approximate surface area is 195 Å². The number of nitrogens with zero attached hydrogens (tertiary/aromatic N) is 6. The Kier molecular flexibility index (Phi) is 5.64. The summed E-state index contributed by atoms with van der Waals surface area (Å²) in [6.45, 7) is 3.59. The van der Waals surface area contributed by atoms with Crippen LogP contribution in [0.25, 0.3) is 11.2 Å². The maximum Gasteiger partial charge on any atom is 0.281 e. The highest BCUT2D eigenvalue weighted by Crippen LogP contribution is 2.26. The van der Waals surface area contributed by atoms with Gasteiger partial charge in [-0.2, -0.15) is 5.26 Å². The number of likely N-dealkylation sites (tertiary alicyclic amines) is 1. The number of hydrogen-bond acceptors (Lipinski definition) is 6. The average Bonchev–Trinajstić information content (AvgIpc) is 3.28. The fourth-order valence-electron chi connectivity index (χ4n) is 4.31. The van der Waals surface area contributed by atoms with E-state index in [4.69, 9.17) is 10.2 Å². The third kappa shape index (κ3) is 4.18. The molecule has 0 unspecified atom stereocenters. The first kappa shape index (κ1) is 21.5. The maximum atomic E-state index is 12.9. The summed E-state index contributed by atoms with van der Waals surface area (Å²) in [6, 6.07) is 16.9. The summed E-state index contributed by atoms with van der Waals surface area (Å²) in [4.78, 5) is 34.9. The highest BCUT2D eigenvalue weighted by molar-refractivity contribution is 5.94. The van der Waals surface area contributed by atoms with Gasteiger partial charge in [-0.3, -0.25) is 9.59 Å². The zero-order valence-corrected chi connectivity index (χ0v) is 18.7. The molecular weight excluding hydrogens is 430 g/mol. The summed E-state index contributed by atoms with van der Waals surface area (Å²) in [6.07, 6.45) is 1.36. The first-order valence-electron chi connectivity index (χ1n) is 11.2. The van der Waals surface area contributed by atoms with Crippen molar-refractivity contribution >= 4 is 17.1 Å². The number of amides is 1. The van der Waals surface area contributed by atoms with Gasteiger partial charge in [-0.15, -0.1) is 5.10 Å². The number of carbonyl (C=O) groups is 1. The lowest BCUT2D eigenvalue weighted by Crippen LogP contribution is -2.38. The van der Waals surface area contributed by atoms with Gasteiger partial charge in [0.05, 0.1) is 18.2 Å². The molecule has 3 heterocycles. The van der Waals surface area contributed by atoms with Crippen molar-refractivity contribution in [3.8, 4) is 6.07 Å². The van der Waals surface area contributed by atoms with E-state index in [2.05, 4.69) is 21.4 Å². The van der Waals surface area contributed by atoms with Crippen LogP contribution in [0.1, 0.15) is 51.6 Å². The zero-order chi connectivity index (χ0) is 23.7. The van der Waals surface area contributed by atoms with Crippen LogP contribution in [0.15, 0.2) is 53.3 Å². The van der Waals surface area contributed by atoms with Gasteiger partial charge >= 0.3 is 0 Å². The van der Waals surface area contributed by atoms with Crippen LogP contribution >= 0.6 is 0 Å². The second-order valence-corrected chi connectivity index (χ2v) is 8.62. The summed E-state index contributed by atoms with van der Waals surface area (Å²) < 4.78 is 1.65. The first-order chi connectivity index (χ1) is 16.5.